The largest absolute Gasteiger partial charge is 0.309 e. The number of nitrogens with zero attached hydrogens (tertiary/aromatic N) is 4. The molecule has 0 atom stereocenters. The second kappa shape index (κ2) is 11.2. The summed E-state index contributed by atoms with van der Waals surface area (Å²) in [5.41, 5.74) is 11.0. The molecule has 0 saturated heterocycles. The van der Waals surface area contributed by atoms with Gasteiger partial charge in [0, 0.05) is 60.2 Å². The molecule has 0 aliphatic heterocycles. The van der Waals surface area contributed by atoms with Gasteiger partial charge in [-0.05, 0) is 42.5 Å². The van der Waals surface area contributed by atoms with Gasteiger partial charge in [0.25, 0.3) is 0 Å². The van der Waals surface area contributed by atoms with Crippen molar-refractivity contribution in [3.8, 4) is 34.0 Å². The van der Waals surface area contributed by atoms with Crippen LogP contribution in [0.2, 0.25) is 0 Å². The van der Waals surface area contributed by atoms with Gasteiger partial charge < -0.3 is 9.13 Å². The zero-order valence-electron chi connectivity index (χ0n) is 28.1. The zero-order valence-corrected chi connectivity index (χ0v) is 28.1. The van der Waals surface area contributed by atoms with E-state index in [1.165, 1.54) is 54.4 Å². The van der Waals surface area contributed by atoms with E-state index in [0.29, 0.717) is 0 Å². The van der Waals surface area contributed by atoms with Crippen LogP contribution in [-0.2, 0) is 0 Å². The number of hydrogen-bond donors (Lipinski definition) is 0. The van der Waals surface area contributed by atoms with Gasteiger partial charge in [0.05, 0.1) is 33.3 Å². The molecule has 0 spiro atoms. The molecule has 4 nitrogen and oxygen atoms in total. The third-order valence-corrected chi connectivity index (χ3v) is 10.5. The van der Waals surface area contributed by atoms with Gasteiger partial charge in [0.1, 0.15) is 0 Å². The first-order valence-electron chi connectivity index (χ1n) is 17.7. The number of benzene rings is 8. The van der Waals surface area contributed by atoms with Crippen LogP contribution in [0.3, 0.4) is 0 Å². The molecular formula is C48H30N4. The number of hydrogen-bond acceptors (Lipinski definition) is 2. The van der Waals surface area contributed by atoms with E-state index in [9.17, 15) is 0 Å². The third kappa shape index (κ3) is 4.15. The highest BCUT2D eigenvalue weighted by atomic mass is 15.0. The van der Waals surface area contributed by atoms with E-state index in [1.54, 1.807) is 0 Å². The van der Waals surface area contributed by atoms with Crippen LogP contribution < -0.4 is 0 Å². The number of para-hydroxylation sites is 4. The standard InChI is InChI=1S/C48H30N4/c1-3-15-32(16-4-1)48-49-40-24-12-9-21-37(40)45(50-48)31-27-29-34(30-28-31)52-42-26-14-11-23-39(42)44-43-38-22-10-13-25-41(38)51(33-17-5-2-6-18-33)46(43)35-19-7-8-20-36(35)47(44)52/h1-30H. The first kappa shape index (κ1) is 28.8. The maximum atomic E-state index is 5.14. The molecular weight excluding hydrogens is 633 g/mol. The molecule has 11 rings (SSSR count). The minimum absolute atomic E-state index is 0.728. The molecule has 0 aliphatic rings. The lowest BCUT2D eigenvalue weighted by atomic mass is 9.99. The number of rotatable bonds is 4. The molecule has 0 radical (unpaired) electrons. The maximum absolute atomic E-state index is 5.14. The molecule has 0 unspecified atom stereocenters. The molecule has 3 aromatic heterocycles. The normalized spacial score (nSPS) is 11.8. The Hall–Kier alpha value is -7.04. The van der Waals surface area contributed by atoms with Crippen molar-refractivity contribution in [2.75, 3.05) is 0 Å². The van der Waals surface area contributed by atoms with Gasteiger partial charge in [-0.15, -0.1) is 0 Å². The van der Waals surface area contributed by atoms with E-state index < -0.39 is 0 Å². The summed E-state index contributed by atoms with van der Waals surface area (Å²) in [5.74, 6) is 0.728. The molecule has 11 aromatic rings. The predicted molar refractivity (Wildman–Crippen MR) is 217 cm³/mol. The Balaban J connectivity index is 1.21. The van der Waals surface area contributed by atoms with Crippen molar-refractivity contribution < 1.29 is 0 Å². The van der Waals surface area contributed by atoms with Crippen molar-refractivity contribution in [2.45, 2.75) is 0 Å². The smallest absolute Gasteiger partial charge is 0.160 e. The van der Waals surface area contributed by atoms with Crippen molar-refractivity contribution in [1.82, 2.24) is 19.1 Å². The summed E-state index contributed by atoms with van der Waals surface area (Å²) in [6.07, 6.45) is 0. The van der Waals surface area contributed by atoms with Gasteiger partial charge in [-0.25, -0.2) is 9.97 Å². The second-order valence-electron chi connectivity index (χ2n) is 13.4. The Morgan fingerprint density at radius 1 is 0.327 bits per heavy atom. The monoisotopic (exact) mass is 662 g/mol. The van der Waals surface area contributed by atoms with Crippen LogP contribution in [0.1, 0.15) is 0 Å². The van der Waals surface area contributed by atoms with Gasteiger partial charge in [-0.3, -0.25) is 0 Å². The molecule has 8 aromatic carbocycles. The van der Waals surface area contributed by atoms with E-state index in [4.69, 9.17) is 9.97 Å². The van der Waals surface area contributed by atoms with Crippen LogP contribution in [0.25, 0.3) is 99.3 Å². The highest BCUT2D eigenvalue weighted by Gasteiger charge is 2.24. The minimum atomic E-state index is 0.728. The summed E-state index contributed by atoms with van der Waals surface area (Å²) in [7, 11) is 0. The number of fused-ring (bicyclic) bond motifs is 11. The highest BCUT2D eigenvalue weighted by molar-refractivity contribution is 6.37. The number of aromatic nitrogens is 4. The molecule has 242 valence electrons. The van der Waals surface area contributed by atoms with E-state index in [1.807, 2.05) is 24.3 Å². The Morgan fingerprint density at radius 3 is 1.38 bits per heavy atom. The SMILES string of the molecule is c1ccc(-c2nc(-c3ccc(-n4c5ccccc5c5c6c7ccccc7n(-c7ccccc7)c6c6ccccc6c54)cc3)c3ccccc3n2)cc1. The van der Waals surface area contributed by atoms with Gasteiger partial charge >= 0.3 is 0 Å². The Morgan fingerprint density at radius 2 is 0.788 bits per heavy atom. The Labute approximate surface area is 299 Å². The van der Waals surface area contributed by atoms with Crippen molar-refractivity contribution in [3.05, 3.63) is 182 Å². The Bertz CT molecular complexity index is 3160. The lowest BCUT2D eigenvalue weighted by Gasteiger charge is -2.14. The second-order valence-corrected chi connectivity index (χ2v) is 13.4. The molecule has 0 N–H and O–H groups in total. The molecule has 0 bridgehead atoms. The average molecular weight is 663 g/mol. The van der Waals surface area contributed by atoms with Gasteiger partial charge in [0.15, 0.2) is 5.82 Å². The third-order valence-electron chi connectivity index (χ3n) is 10.5. The van der Waals surface area contributed by atoms with E-state index in [0.717, 1.165) is 44.9 Å². The minimum Gasteiger partial charge on any atom is -0.309 e. The summed E-state index contributed by atoms with van der Waals surface area (Å²) in [6.45, 7) is 0. The average Bonchev–Trinajstić information content (AvgIpc) is 3.75. The fourth-order valence-electron chi connectivity index (χ4n) is 8.29. The lowest BCUT2D eigenvalue weighted by molar-refractivity contribution is 1.18. The van der Waals surface area contributed by atoms with Crippen molar-refractivity contribution in [2.24, 2.45) is 0 Å². The zero-order chi connectivity index (χ0) is 34.2. The van der Waals surface area contributed by atoms with Crippen LogP contribution in [0, 0.1) is 0 Å². The first-order chi connectivity index (χ1) is 25.8. The van der Waals surface area contributed by atoms with Crippen molar-refractivity contribution in [3.63, 3.8) is 0 Å². The summed E-state index contributed by atoms with van der Waals surface area (Å²) >= 11 is 0. The van der Waals surface area contributed by atoms with Gasteiger partial charge in [-0.1, -0.05) is 140 Å². The molecule has 3 heterocycles. The van der Waals surface area contributed by atoms with E-state index in [2.05, 4.69) is 167 Å². The summed E-state index contributed by atoms with van der Waals surface area (Å²) in [4.78, 5) is 10.1. The predicted octanol–water partition coefficient (Wildman–Crippen LogP) is 12.3. The van der Waals surface area contributed by atoms with Crippen LogP contribution in [0.5, 0.6) is 0 Å². The molecule has 4 heteroatoms. The molecule has 0 aliphatic carbocycles. The summed E-state index contributed by atoms with van der Waals surface area (Å²) < 4.78 is 4.90. The van der Waals surface area contributed by atoms with Crippen molar-refractivity contribution in [1.29, 1.82) is 0 Å². The molecule has 52 heavy (non-hydrogen) atoms. The van der Waals surface area contributed by atoms with E-state index in [-0.39, 0.29) is 0 Å². The molecule has 0 amide bonds. The highest BCUT2D eigenvalue weighted by Crippen LogP contribution is 2.47. The fourth-order valence-corrected chi connectivity index (χ4v) is 8.29. The topological polar surface area (TPSA) is 35.6 Å². The summed E-state index contributed by atoms with van der Waals surface area (Å²) in [5, 5.41) is 8.53. The first-order valence-corrected chi connectivity index (χ1v) is 17.7. The van der Waals surface area contributed by atoms with Crippen LogP contribution >= 0.6 is 0 Å². The maximum Gasteiger partial charge on any atom is 0.160 e. The van der Waals surface area contributed by atoms with Gasteiger partial charge in [0.2, 0.25) is 0 Å². The van der Waals surface area contributed by atoms with Gasteiger partial charge in [-0.2, -0.15) is 0 Å². The van der Waals surface area contributed by atoms with Crippen LogP contribution in [0.4, 0.5) is 0 Å². The fraction of sp³-hybridized carbons (Fsp3) is 0. The quantitative estimate of drug-likeness (QED) is 0.188. The van der Waals surface area contributed by atoms with E-state index >= 15 is 0 Å². The summed E-state index contributed by atoms with van der Waals surface area (Å²) in [6, 6.07) is 64.7. The lowest BCUT2D eigenvalue weighted by Crippen LogP contribution is -1.97. The molecule has 0 fully saturated rings. The van der Waals surface area contributed by atoms with Crippen molar-refractivity contribution >= 4 is 65.3 Å². The van der Waals surface area contributed by atoms with Crippen LogP contribution in [0.15, 0.2) is 182 Å². The Kier molecular flexibility index (Phi) is 6.22. The molecule has 0 saturated carbocycles. The van der Waals surface area contributed by atoms with Crippen LogP contribution in [-0.4, -0.2) is 19.1 Å².